The van der Waals surface area contributed by atoms with Crippen LogP contribution in [-0.4, -0.2) is 26.3 Å². The molecule has 0 aliphatic carbocycles. The molecule has 0 aliphatic heterocycles. The normalized spacial score (nSPS) is 10.3. The molecule has 0 radical (unpaired) electrons. The molecule has 0 spiro atoms. The van der Waals surface area contributed by atoms with Crippen molar-refractivity contribution < 1.29 is 9.84 Å². The fraction of sp³-hybridized carbons (Fsp3) is 0.200. The van der Waals surface area contributed by atoms with Gasteiger partial charge in [-0.25, -0.2) is 0 Å². The van der Waals surface area contributed by atoms with Crippen molar-refractivity contribution in [2.24, 2.45) is 0 Å². The van der Waals surface area contributed by atoms with Gasteiger partial charge in [-0.2, -0.15) is 0 Å². The predicted octanol–water partition coefficient (Wildman–Crippen LogP) is 3.79. The average molecular weight is 278 g/mol. The zero-order chi connectivity index (χ0) is 14.0. The molecule has 0 amide bonds. The molecule has 0 saturated heterocycles. The van der Waals surface area contributed by atoms with Crippen LogP contribution in [0.15, 0.2) is 36.4 Å². The van der Waals surface area contributed by atoms with Crippen molar-refractivity contribution >= 4 is 17.3 Å². The summed E-state index contributed by atoms with van der Waals surface area (Å²) in [4.78, 5) is 1.93. The fourth-order valence-corrected chi connectivity index (χ4v) is 2.09. The third-order valence-electron chi connectivity index (χ3n) is 2.95. The Labute approximate surface area is 118 Å². The lowest BCUT2D eigenvalue weighted by atomic mass is 10.0. The molecule has 2 rings (SSSR count). The van der Waals surface area contributed by atoms with E-state index < -0.39 is 0 Å². The first-order valence-electron chi connectivity index (χ1n) is 5.87. The molecule has 0 heterocycles. The maximum Gasteiger partial charge on any atom is 0.126 e. The average Bonchev–Trinajstić information content (AvgIpc) is 2.38. The van der Waals surface area contributed by atoms with Crippen LogP contribution < -0.4 is 9.64 Å². The van der Waals surface area contributed by atoms with Crippen molar-refractivity contribution in [3.8, 4) is 22.6 Å². The molecule has 1 N–H and O–H groups in total. The smallest absolute Gasteiger partial charge is 0.126 e. The number of hydrogen-bond acceptors (Lipinski definition) is 3. The molecule has 0 aromatic heterocycles. The quantitative estimate of drug-likeness (QED) is 0.926. The van der Waals surface area contributed by atoms with Crippen LogP contribution in [0.5, 0.6) is 11.5 Å². The minimum absolute atomic E-state index is 0.201. The second kappa shape index (κ2) is 5.41. The first-order chi connectivity index (χ1) is 9.02. The number of hydrogen-bond donors (Lipinski definition) is 1. The van der Waals surface area contributed by atoms with Gasteiger partial charge in [0.15, 0.2) is 0 Å². The van der Waals surface area contributed by atoms with Crippen LogP contribution in [0.25, 0.3) is 11.1 Å². The molecule has 0 bridgehead atoms. The number of rotatable bonds is 3. The minimum atomic E-state index is 0.201. The lowest BCUT2D eigenvalue weighted by Gasteiger charge is -2.15. The summed E-state index contributed by atoms with van der Waals surface area (Å²) in [7, 11) is 5.45. The van der Waals surface area contributed by atoms with E-state index in [-0.39, 0.29) is 5.75 Å². The summed E-state index contributed by atoms with van der Waals surface area (Å²) in [6, 6.07) is 10.8. The van der Waals surface area contributed by atoms with Crippen molar-refractivity contribution in [1.29, 1.82) is 0 Å². The van der Waals surface area contributed by atoms with Crippen molar-refractivity contribution in [2.75, 3.05) is 26.1 Å². The summed E-state index contributed by atoms with van der Waals surface area (Å²) in [6.45, 7) is 0. The Bertz CT molecular complexity index is 597. The minimum Gasteiger partial charge on any atom is -0.507 e. The van der Waals surface area contributed by atoms with Gasteiger partial charge in [0.05, 0.1) is 7.11 Å². The van der Waals surface area contributed by atoms with Gasteiger partial charge in [-0.15, -0.1) is 0 Å². The Kier molecular flexibility index (Phi) is 3.86. The zero-order valence-electron chi connectivity index (χ0n) is 11.1. The van der Waals surface area contributed by atoms with E-state index in [1.807, 2.05) is 31.1 Å². The van der Waals surface area contributed by atoms with Crippen molar-refractivity contribution in [2.45, 2.75) is 0 Å². The highest BCUT2D eigenvalue weighted by atomic mass is 35.5. The summed E-state index contributed by atoms with van der Waals surface area (Å²) in [5.41, 5.74) is 2.41. The highest BCUT2D eigenvalue weighted by Crippen LogP contribution is 2.38. The number of anilines is 1. The molecule has 0 aliphatic rings. The van der Waals surface area contributed by atoms with Crippen molar-refractivity contribution in [1.82, 2.24) is 0 Å². The third kappa shape index (κ3) is 2.76. The largest absolute Gasteiger partial charge is 0.507 e. The molecule has 4 heteroatoms. The molecular weight excluding hydrogens is 262 g/mol. The maximum absolute atomic E-state index is 10.2. The maximum atomic E-state index is 10.2. The highest BCUT2D eigenvalue weighted by Gasteiger charge is 2.12. The Hall–Kier alpha value is -1.87. The second-order valence-corrected chi connectivity index (χ2v) is 4.88. The predicted molar refractivity (Wildman–Crippen MR) is 79.4 cm³/mol. The van der Waals surface area contributed by atoms with E-state index in [1.54, 1.807) is 31.4 Å². The van der Waals surface area contributed by atoms with E-state index in [0.717, 1.165) is 11.3 Å². The van der Waals surface area contributed by atoms with Gasteiger partial charge in [0.1, 0.15) is 11.5 Å². The zero-order valence-corrected chi connectivity index (χ0v) is 11.9. The Morgan fingerprint density at radius 2 is 1.79 bits per heavy atom. The first kappa shape index (κ1) is 13.6. The Balaban J connectivity index is 2.56. The SMILES string of the molecule is COc1ccc(Cl)cc1-c1ccc(N(C)C)cc1O. The standard InChI is InChI=1S/C15H16ClNO2/c1-17(2)11-5-6-12(14(18)9-11)13-8-10(16)4-7-15(13)19-3/h4-9,18H,1-3H3. The summed E-state index contributed by atoms with van der Waals surface area (Å²) < 4.78 is 5.31. The molecule has 3 nitrogen and oxygen atoms in total. The van der Waals surface area contributed by atoms with Gasteiger partial charge < -0.3 is 14.7 Å². The fourth-order valence-electron chi connectivity index (χ4n) is 1.92. The molecule has 19 heavy (non-hydrogen) atoms. The third-order valence-corrected chi connectivity index (χ3v) is 3.18. The summed E-state index contributed by atoms with van der Waals surface area (Å²) >= 11 is 6.01. The lowest BCUT2D eigenvalue weighted by Crippen LogP contribution is -2.08. The van der Waals surface area contributed by atoms with Gasteiger partial charge in [0.25, 0.3) is 0 Å². The van der Waals surface area contributed by atoms with Gasteiger partial charge in [0, 0.05) is 42.0 Å². The molecular formula is C15H16ClNO2. The molecule has 100 valence electrons. The molecule has 0 atom stereocenters. The first-order valence-corrected chi connectivity index (χ1v) is 6.25. The van der Waals surface area contributed by atoms with E-state index in [1.165, 1.54) is 0 Å². The summed E-state index contributed by atoms with van der Waals surface area (Å²) in [5.74, 6) is 0.879. The number of ether oxygens (including phenoxy) is 1. The molecule has 0 unspecified atom stereocenters. The van der Waals surface area contributed by atoms with E-state index in [0.29, 0.717) is 16.3 Å². The Morgan fingerprint density at radius 3 is 2.37 bits per heavy atom. The van der Waals surface area contributed by atoms with Crippen LogP contribution in [0, 0.1) is 0 Å². The number of benzene rings is 2. The number of halogens is 1. The molecule has 0 fully saturated rings. The molecule has 0 saturated carbocycles. The second-order valence-electron chi connectivity index (χ2n) is 4.44. The van der Waals surface area contributed by atoms with Crippen molar-refractivity contribution in [3.63, 3.8) is 0 Å². The Morgan fingerprint density at radius 1 is 1.05 bits per heavy atom. The van der Waals surface area contributed by atoms with Crippen LogP contribution >= 0.6 is 11.6 Å². The number of nitrogens with zero attached hydrogens (tertiary/aromatic N) is 1. The lowest BCUT2D eigenvalue weighted by molar-refractivity contribution is 0.415. The number of aromatic hydroxyl groups is 1. The van der Waals surface area contributed by atoms with Gasteiger partial charge in [-0.1, -0.05) is 11.6 Å². The highest BCUT2D eigenvalue weighted by molar-refractivity contribution is 6.31. The van der Waals surface area contributed by atoms with Gasteiger partial charge in [0.2, 0.25) is 0 Å². The number of phenolic OH excluding ortho intramolecular Hbond substituents is 1. The van der Waals surface area contributed by atoms with Crippen LogP contribution in [0.4, 0.5) is 5.69 Å². The molecule has 2 aromatic carbocycles. The van der Waals surface area contributed by atoms with Gasteiger partial charge in [-0.3, -0.25) is 0 Å². The van der Waals surface area contributed by atoms with Crippen LogP contribution in [-0.2, 0) is 0 Å². The van der Waals surface area contributed by atoms with Crippen LogP contribution in [0.1, 0.15) is 0 Å². The van der Waals surface area contributed by atoms with E-state index in [9.17, 15) is 5.11 Å². The van der Waals surface area contributed by atoms with Gasteiger partial charge >= 0.3 is 0 Å². The van der Waals surface area contributed by atoms with E-state index in [2.05, 4.69) is 0 Å². The number of methoxy groups -OCH3 is 1. The summed E-state index contributed by atoms with van der Waals surface area (Å²) in [6.07, 6.45) is 0. The van der Waals surface area contributed by atoms with Gasteiger partial charge in [-0.05, 0) is 30.3 Å². The van der Waals surface area contributed by atoms with E-state index in [4.69, 9.17) is 16.3 Å². The topological polar surface area (TPSA) is 32.7 Å². The number of phenols is 1. The monoisotopic (exact) mass is 277 g/mol. The van der Waals surface area contributed by atoms with Crippen molar-refractivity contribution in [3.05, 3.63) is 41.4 Å². The van der Waals surface area contributed by atoms with Crippen LogP contribution in [0.2, 0.25) is 5.02 Å². The molecule has 2 aromatic rings. The van der Waals surface area contributed by atoms with Crippen LogP contribution in [0.3, 0.4) is 0 Å². The summed E-state index contributed by atoms with van der Waals surface area (Å²) in [5, 5.41) is 10.8. The van der Waals surface area contributed by atoms with E-state index >= 15 is 0 Å².